The average molecular weight is 714 g/mol. The third-order valence-corrected chi connectivity index (χ3v) is 7.93. The number of ether oxygens (including phenoxy) is 2. The lowest BCUT2D eigenvalue weighted by atomic mass is 9.95. The summed E-state index contributed by atoms with van der Waals surface area (Å²) in [6.07, 6.45) is 1.10. The van der Waals surface area contributed by atoms with Crippen molar-refractivity contribution in [2.45, 2.75) is 32.9 Å². The second-order valence-electron chi connectivity index (χ2n) is 8.55. The highest BCUT2D eigenvalue weighted by atomic mass is 127. The molecule has 0 aliphatic carbocycles. The van der Waals surface area contributed by atoms with E-state index in [4.69, 9.17) is 9.47 Å². The summed E-state index contributed by atoms with van der Waals surface area (Å²) in [6, 6.07) is 7.12. The number of methoxy groups -OCH3 is 1. The molecule has 0 saturated carbocycles. The van der Waals surface area contributed by atoms with Crippen LogP contribution in [0.15, 0.2) is 55.9 Å². The van der Waals surface area contributed by atoms with Gasteiger partial charge in [-0.2, -0.15) is 0 Å². The van der Waals surface area contributed by atoms with Crippen LogP contribution in [-0.4, -0.2) is 33.8 Å². The largest absolute Gasteiger partial charge is 0.501 e. The number of rotatable bonds is 6. The van der Waals surface area contributed by atoms with Crippen LogP contribution >= 0.6 is 49.9 Å². The van der Waals surface area contributed by atoms with Crippen molar-refractivity contribution < 1.29 is 24.3 Å². The summed E-state index contributed by atoms with van der Waals surface area (Å²) in [7, 11) is 1.50. The number of aromatic nitrogens is 1. The Morgan fingerprint density at radius 2 is 2.05 bits per heavy atom. The fraction of sp³-hybridized carbons (Fsp3) is 0.240. The molecule has 1 atom stereocenters. The first-order chi connectivity index (χ1) is 17.9. The number of carbonyl (C=O) groups is 1. The van der Waals surface area contributed by atoms with Crippen LogP contribution in [0.3, 0.4) is 0 Å². The Labute approximate surface area is 242 Å². The number of allylic oxidation sites excluding steroid dienone is 1. The van der Waals surface area contributed by atoms with E-state index in [1.165, 1.54) is 29.9 Å². The van der Waals surface area contributed by atoms with Gasteiger partial charge in [-0.1, -0.05) is 27.3 Å². The highest BCUT2D eigenvalue weighted by molar-refractivity contribution is 14.1. The lowest BCUT2D eigenvalue weighted by Gasteiger charge is -2.26. The fourth-order valence-electron chi connectivity index (χ4n) is 4.05. The number of hydrogen-bond donors (Lipinski definition) is 1. The molecule has 38 heavy (non-hydrogen) atoms. The summed E-state index contributed by atoms with van der Waals surface area (Å²) in [6.45, 7) is 5.14. The molecule has 1 aliphatic heterocycles. The van der Waals surface area contributed by atoms with E-state index in [1.54, 1.807) is 61.6 Å². The van der Waals surface area contributed by atoms with Gasteiger partial charge in [-0.05, 0) is 79.3 Å². The van der Waals surface area contributed by atoms with Crippen LogP contribution in [0.25, 0.3) is 6.08 Å². The number of phenolic OH excluding ortho intramolecular Hbond substituents is 1. The number of nitro groups is 1. The van der Waals surface area contributed by atoms with Crippen LogP contribution in [0, 0.1) is 13.7 Å². The average Bonchev–Trinajstić information content (AvgIpc) is 3.13. The molecule has 10 nitrogen and oxygen atoms in total. The molecule has 198 valence electrons. The van der Waals surface area contributed by atoms with Crippen molar-refractivity contribution in [1.82, 2.24) is 4.57 Å². The molecule has 0 bridgehead atoms. The number of nitrogens with zero attached hydrogens (tertiary/aromatic N) is 3. The van der Waals surface area contributed by atoms with E-state index in [9.17, 15) is 24.8 Å². The van der Waals surface area contributed by atoms with Crippen LogP contribution in [-0.2, 0) is 9.53 Å². The van der Waals surface area contributed by atoms with Gasteiger partial charge >= 0.3 is 11.7 Å². The van der Waals surface area contributed by atoms with E-state index in [0.717, 1.165) is 11.3 Å². The van der Waals surface area contributed by atoms with Crippen molar-refractivity contribution in [1.29, 1.82) is 0 Å². The minimum atomic E-state index is -0.901. The molecule has 0 unspecified atom stereocenters. The molecule has 13 heteroatoms. The van der Waals surface area contributed by atoms with Crippen molar-refractivity contribution in [3.8, 4) is 11.5 Å². The predicted octanol–water partition coefficient (Wildman–Crippen LogP) is 4.18. The van der Waals surface area contributed by atoms with E-state index in [-0.39, 0.29) is 13.7 Å². The molecule has 0 saturated heterocycles. The first-order valence-corrected chi connectivity index (χ1v) is 13.9. The smallest absolute Gasteiger partial charge is 0.338 e. The van der Waals surface area contributed by atoms with Gasteiger partial charge in [0.1, 0.15) is 11.8 Å². The number of halogens is 2. The molecule has 0 amide bonds. The molecule has 0 radical (unpaired) electrons. The molecular formula is C25H21BrIN3O7S. The Balaban J connectivity index is 2.01. The Morgan fingerprint density at radius 3 is 2.68 bits per heavy atom. The maximum Gasteiger partial charge on any atom is 0.338 e. The summed E-state index contributed by atoms with van der Waals surface area (Å²) in [4.78, 5) is 42.7. The fourth-order valence-corrected chi connectivity index (χ4v) is 6.11. The normalized spacial score (nSPS) is 15.3. The number of aromatic hydroxyl groups is 1. The number of carbonyl (C=O) groups excluding carboxylic acids is 1. The number of hydrogen-bond acceptors (Lipinski definition) is 9. The Hall–Kier alpha value is -3.04. The number of fused-ring (bicyclic) bond motifs is 1. The maximum atomic E-state index is 13.8. The van der Waals surface area contributed by atoms with E-state index in [0.29, 0.717) is 31.8 Å². The molecule has 0 spiro atoms. The highest BCUT2D eigenvalue weighted by Crippen LogP contribution is 2.37. The summed E-state index contributed by atoms with van der Waals surface area (Å²) in [5, 5.41) is 21.4. The molecule has 1 aromatic heterocycles. The Kier molecular flexibility index (Phi) is 8.09. The van der Waals surface area contributed by atoms with Crippen LogP contribution < -0.4 is 19.6 Å². The zero-order chi connectivity index (χ0) is 27.9. The van der Waals surface area contributed by atoms with Gasteiger partial charge in [0.25, 0.3) is 5.56 Å². The molecule has 2 aromatic carbocycles. The standard InChI is InChI=1S/C25H21BrIN3O7S/c1-11(2)37-24(33)20-12(3)28-25-29(21(20)15-10-14(26)5-6-18(15)36-4)23(32)19(38-25)9-13-7-16(27)22(31)17(8-13)30(34)35/h5-11,21,31H,1-4H3/b19-9-/t21-/m0/s1. The van der Waals surface area contributed by atoms with Gasteiger partial charge in [-0.25, -0.2) is 9.79 Å². The predicted molar refractivity (Wildman–Crippen MR) is 153 cm³/mol. The summed E-state index contributed by atoms with van der Waals surface area (Å²) in [5.41, 5.74) is 0.579. The second-order valence-corrected chi connectivity index (χ2v) is 11.6. The molecule has 4 rings (SSSR count). The van der Waals surface area contributed by atoms with Gasteiger partial charge in [0.2, 0.25) is 5.75 Å². The zero-order valence-corrected chi connectivity index (χ0v) is 25.1. The van der Waals surface area contributed by atoms with Gasteiger partial charge < -0.3 is 14.6 Å². The van der Waals surface area contributed by atoms with Crippen LogP contribution in [0.2, 0.25) is 0 Å². The third kappa shape index (κ3) is 5.27. The summed E-state index contributed by atoms with van der Waals surface area (Å²) >= 11 is 6.34. The first kappa shape index (κ1) is 28.0. The van der Waals surface area contributed by atoms with E-state index >= 15 is 0 Å². The minimum absolute atomic E-state index is 0.198. The van der Waals surface area contributed by atoms with Gasteiger partial charge in [-0.3, -0.25) is 19.5 Å². The zero-order valence-electron chi connectivity index (χ0n) is 20.5. The van der Waals surface area contributed by atoms with Gasteiger partial charge in [-0.15, -0.1) is 0 Å². The quantitative estimate of drug-likeness (QED) is 0.176. The van der Waals surface area contributed by atoms with Crippen molar-refractivity contribution >= 4 is 67.6 Å². The van der Waals surface area contributed by atoms with E-state index < -0.39 is 40.0 Å². The van der Waals surface area contributed by atoms with Crippen molar-refractivity contribution in [3.05, 3.63) is 90.6 Å². The molecule has 3 aromatic rings. The van der Waals surface area contributed by atoms with Crippen LogP contribution in [0.1, 0.15) is 37.9 Å². The Morgan fingerprint density at radius 1 is 1.34 bits per heavy atom. The van der Waals surface area contributed by atoms with Crippen molar-refractivity contribution in [3.63, 3.8) is 0 Å². The molecule has 1 aliphatic rings. The monoisotopic (exact) mass is 713 g/mol. The SMILES string of the molecule is COc1ccc(Br)cc1[C@H]1C(C(=O)OC(C)C)=C(C)N=c2s/c(=C\c3cc(I)c(O)c([N+](=O)[O-])c3)c(=O)n21. The topological polar surface area (TPSA) is 133 Å². The van der Waals surface area contributed by atoms with Crippen LogP contribution in [0.5, 0.6) is 11.5 Å². The van der Waals surface area contributed by atoms with Crippen molar-refractivity contribution in [2.75, 3.05) is 7.11 Å². The number of phenols is 1. The molecular weight excluding hydrogens is 693 g/mol. The second kappa shape index (κ2) is 11.0. The molecule has 2 heterocycles. The lowest BCUT2D eigenvalue weighted by Crippen LogP contribution is -2.40. The summed E-state index contributed by atoms with van der Waals surface area (Å²) in [5.74, 6) is -0.591. The van der Waals surface area contributed by atoms with Gasteiger partial charge in [0.05, 0.1) is 37.5 Å². The lowest BCUT2D eigenvalue weighted by molar-refractivity contribution is -0.386. The molecule has 1 N–H and O–H groups in total. The first-order valence-electron chi connectivity index (χ1n) is 11.2. The van der Waals surface area contributed by atoms with E-state index in [1.807, 2.05) is 0 Å². The Bertz CT molecular complexity index is 1690. The van der Waals surface area contributed by atoms with Gasteiger partial charge in [0, 0.05) is 16.1 Å². The summed E-state index contributed by atoms with van der Waals surface area (Å²) < 4.78 is 13.7. The maximum absolute atomic E-state index is 13.8. The highest BCUT2D eigenvalue weighted by Gasteiger charge is 2.35. The number of esters is 1. The molecule has 0 fully saturated rings. The number of nitro benzene ring substituents is 1. The van der Waals surface area contributed by atoms with Gasteiger partial charge in [0.15, 0.2) is 4.80 Å². The third-order valence-electron chi connectivity index (χ3n) is 5.63. The number of benzene rings is 2. The van der Waals surface area contributed by atoms with E-state index in [2.05, 4.69) is 20.9 Å². The van der Waals surface area contributed by atoms with Crippen molar-refractivity contribution in [2.24, 2.45) is 4.99 Å². The number of thiazole rings is 1. The van der Waals surface area contributed by atoms with Crippen LogP contribution in [0.4, 0.5) is 5.69 Å². The minimum Gasteiger partial charge on any atom is -0.501 e.